The van der Waals surface area contributed by atoms with Crippen LogP contribution in [-0.4, -0.2) is 92.0 Å². The number of piperidine rings is 1. The number of carbonyl (C=O) groups is 2. The summed E-state index contributed by atoms with van der Waals surface area (Å²) in [5.74, 6) is 1.68. The molecule has 5 rings (SSSR count). The third-order valence-electron chi connectivity index (χ3n) is 8.14. The molecular formula is C31H43ClN4O5. The molecule has 3 aliphatic rings. The summed E-state index contributed by atoms with van der Waals surface area (Å²) in [4.78, 5) is 32.3. The number of rotatable bonds is 9. The number of benzene rings is 2. The highest BCUT2D eigenvalue weighted by Crippen LogP contribution is 2.32. The van der Waals surface area contributed by atoms with Crippen LogP contribution in [-0.2, 0) is 11.2 Å². The lowest BCUT2D eigenvalue weighted by atomic mass is 9.95. The van der Waals surface area contributed by atoms with Crippen molar-refractivity contribution in [3.63, 3.8) is 0 Å². The van der Waals surface area contributed by atoms with Crippen molar-refractivity contribution in [2.24, 2.45) is 5.92 Å². The lowest BCUT2D eigenvalue weighted by molar-refractivity contribution is 0.0386. The summed E-state index contributed by atoms with van der Waals surface area (Å²) in [6.45, 7) is 11.2. The molecule has 9 nitrogen and oxygen atoms in total. The molecule has 1 unspecified atom stereocenters. The maximum Gasteiger partial charge on any atom is 0.320 e. The zero-order valence-corrected chi connectivity index (χ0v) is 25.0. The Morgan fingerprint density at radius 2 is 1.73 bits per heavy atom. The zero-order chi connectivity index (χ0) is 27.9. The second-order valence-electron chi connectivity index (χ2n) is 11.1. The van der Waals surface area contributed by atoms with E-state index in [2.05, 4.69) is 36.2 Å². The first-order chi connectivity index (χ1) is 19.5. The van der Waals surface area contributed by atoms with Gasteiger partial charge >= 0.3 is 6.03 Å². The summed E-state index contributed by atoms with van der Waals surface area (Å²) < 4.78 is 16.2. The highest BCUT2D eigenvalue weighted by molar-refractivity contribution is 6.04. The molecule has 3 heterocycles. The fraction of sp³-hybridized carbons (Fsp3) is 0.548. The highest BCUT2D eigenvalue weighted by Gasteiger charge is 2.29. The van der Waals surface area contributed by atoms with E-state index in [1.165, 1.54) is 5.56 Å². The monoisotopic (exact) mass is 586 g/mol. The molecule has 0 spiro atoms. The minimum Gasteiger partial charge on any atom is -0.454 e. The molecule has 0 radical (unpaired) electrons. The molecule has 224 valence electrons. The Morgan fingerprint density at radius 1 is 1.00 bits per heavy atom. The molecule has 3 aliphatic heterocycles. The Balaban J connectivity index is 0.00000387. The van der Waals surface area contributed by atoms with Crippen molar-refractivity contribution in [3.8, 4) is 11.5 Å². The minimum absolute atomic E-state index is 0. The summed E-state index contributed by atoms with van der Waals surface area (Å²) in [6, 6.07) is 13.9. The summed E-state index contributed by atoms with van der Waals surface area (Å²) in [5, 5.41) is 3.03. The largest absolute Gasteiger partial charge is 0.454 e. The van der Waals surface area contributed by atoms with E-state index in [-0.39, 0.29) is 31.1 Å². The Bertz CT molecular complexity index is 1170. The van der Waals surface area contributed by atoms with Gasteiger partial charge in [0, 0.05) is 50.0 Å². The van der Waals surface area contributed by atoms with Crippen molar-refractivity contribution in [1.82, 2.24) is 14.7 Å². The van der Waals surface area contributed by atoms with Gasteiger partial charge in [0.1, 0.15) is 0 Å². The van der Waals surface area contributed by atoms with Crippen molar-refractivity contribution in [1.29, 1.82) is 0 Å². The van der Waals surface area contributed by atoms with E-state index in [1.807, 2.05) is 21.9 Å². The molecule has 2 saturated heterocycles. The van der Waals surface area contributed by atoms with Gasteiger partial charge in [-0.1, -0.05) is 19.1 Å². The van der Waals surface area contributed by atoms with Gasteiger partial charge in [-0.05, 0) is 81.0 Å². The summed E-state index contributed by atoms with van der Waals surface area (Å²) in [7, 11) is 0. The van der Waals surface area contributed by atoms with Crippen LogP contribution in [0.4, 0.5) is 10.5 Å². The van der Waals surface area contributed by atoms with Gasteiger partial charge in [-0.15, -0.1) is 12.4 Å². The molecule has 2 aromatic carbocycles. The van der Waals surface area contributed by atoms with E-state index >= 15 is 0 Å². The third kappa shape index (κ3) is 8.05. The first-order valence-corrected chi connectivity index (χ1v) is 14.7. The average molecular weight is 587 g/mol. The number of hydrogen-bond donors (Lipinski definition) is 1. The Hall–Kier alpha value is -3.01. The number of ether oxygens (including phenoxy) is 3. The van der Waals surface area contributed by atoms with Crippen LogP contribution in [0.3, 0.4) is 0 Å². The van der Waals surface area contributed by atoms with E-state index in [1.54, 1.807) is 18.2 Å². The van der Waals surface area contributed by atoms with Crippen LogP contribution in [0.5, 0.6) is 11.5 Å². The van der Waals surface area contributed by atoms with Crippen molar-refractivity contribution in [3.05, 3.63) is 53.6 Å². The second-order valence-corrected chi connectivity index (χ2v) is 11.1. The Labute approximate surface area is 249 Å². The van der Waals surface area contributed by atoms with Crippen LogP contribution in [0.15, 0.2) is 42.5 Å². The zero-order valence-electron chi connectivity index (χ0n) is 24.2. The molecule has 10 heteroatoms. The molecular weight excluding hydrogens is 544 g/mol. The summed E-state index contributed by atoms with van der Waals surface area (Å²) in [6.07, 6.45) is 4.10. The molecule has 41 heavy (non-hydrogen) atoms. The Kier molecular flexibility index (Phi) is 11.1. The summed E-state index contributed by atoms with van der Waals surface area (Å²) in [5.41, 5.74) is 2.52. The van der Waals surface area contributed by atoms with Gasteiger partial charge in [-0.3, -0.25) is 4.79 Å². The van der Waals surface area contributed by atoms with Gasteiger partial charge in [-0.25, -0.2) is 4.79 Å². The quantitative estimate of drug-likeness (QED) is 0.450. The lowest BCUT2D eigenvalue weighted by Gasteiger charge is -2.39. The number of nitrogens with zero attached hydrogens (tertiary/aromatic N) is 3. The van der Waals surface area contributed by atoms with Gasteiger partial charge in [0.15, 0.2) is 11.5 Å². The van der Waals surface area contributed by atoms with Crippen molar-refractivity contribution >= 4 is 30.0 Å². The van der Waals surface area contributed by atoms with Crippen LogP contribution < -0.4 is 14.8 Å². The van der Waals surface area contributed by atoms with Gasteiger partial charge < -0.3 is 34.2 Å². The third-order valence-corrected chi connectivity index (χ3v) is 8.14. The van der Waals surface area contributed by atoms with Crippen molar-refractivity contribution < 1.29 is 23.8 Å². The fourth-order valence-corrected chi connectivity index (χ4v) is 5.86. The van der Waals surface area contributed by atoms with Crippen LogP contribution in [0, 0.1) is 5.92 Å². The topological polar surface area (TPSA) is 83.6 Å². The standard InChI is InChI=1S/C31H42N4O5.ClH/c1-3-11-35(21-24-9-12-33(13-10-24)31(37)34-14-16-38-17-15-34)23(2)18-25-5-4-6-27(19-25)32-30(36)26-7-8-28-29(20-26)40-22-39-28;/h4-8,19-20,23-24H,3,9-18,21-22H2,1-2H3,(H,32,36);1H. The molecule has 0 saturated carbocycles. The Morgan fingerprint density at radius 3 is 2.49 bits per heavy atom. The van der Waals surface area contributed by atoms with Crippen molar-refractivity contribution in [2.45, 2.75) is 45.6 Å². The molecule has 3 amide bonds. The van der Waals surface area contributed by atoms with E-state index < -0.39 is 0 Å². The predicted molar refractivity (Wildman–Crippen MR) is 161 cm³/mol. The molecule has 2 fully saturated rings. The molecule has 0 aliphatic carbocycles. The van der Waals surface area contributed by atoms with E-state index in [0.717, 1.165) is 57.5 Å². The number of anilines is 1. The van der Waals surface area contributed by atoms with Crippen molar-refractivity contribution in [2.75, 3.05) is 64.6 Å². The normalized spacial score (nSPS) is 17.7. The molecule has 2 aromatic rings. The van der Waals surface area contributed by atoms with E-state index in [9.17, 15) is 9.59 Å². The number of halogens is 1. The van der Waals surface area contributed by atoms with E-state index in [0.29, 0.717) is 55.3 Å². The molecule has 1 atom stereocenters. The second kappa shape index (κ2) is 14.8. The maximum absolute atomic E-state index is 12.9. The molecule has 0 bridgehead atoms. The number of carbonyl (C=O) groups excluding carboxylic acids is 2. The summed E-state index contributed by atoms with van der Waals surface area (Å²) >= 11 is 0. The number of nitrogens with one attached hydrogen (secondary N) is 1. The predicted octanol–water partition coefficient (Wildman–Crippen LogP) is 4.90. The van der Waals surface area contributed by atoms with Crippen LogP contribution in [0.1, 0.15) is 49.0 Å². The minimum atomic E-state index is -0.172. The van der Waals surface area contributed by atoms with E-state index in [4.69, 9.17) is 14.2 Å². The van der Waals surface area contributed by atoms with Gasteiger partial charge in [0.05, 0.1) is 13.2 Å². The molecule has 1 N–H and O–H groups in total. The van der Waals surface area contributed by atoms with Gasteiger partial charge in [-0.2, -0.15) is 0 Å². The van der Waals surface area contributed by atoms with Crippen LogP contribution in [0.2, 0.25) is 0 Å². The highest BCUT2D eigenvalue weighted by atomic mass is 35.5. The first kappa shape index (κ1) is 30.9. The smallest absolute Gasteiger partial charge is 0.320 e. The molecule has 0 aromatic heterocycles. The number of fused-ring (bicyclic) bond motifs is 1. The van der Waals surface area contributed by atoms with Gasteiger partial charge in [0.25, 0.3) is 5.91 Å². The SMILES string of the molecule is CCCN(CC1CCN(C(=O)N2CCOCC2)CC1)C(C)Cc1cccc(NC(=O)c2ccc3c(c2)OCO3)c1.Cl. The number of likely N-dealkylation sites (tertiary alicyclic amines) is 1. The van der Waals surface area contributed by atoms with Crippen LogP contribution >= 0.6 is 12.4 Å². The maximum atomic E-state index is 12.9. The number of amides is 3. The number of hydrogen-bond acceptors (Lipinski definition) is 6. The average Bonchev–Trinajstić information content (AvgIpc) is 3.46. The number of morpholine rings is 1. The first-order valence-electron chi connectivity index (χ1n) is 14.7. The van der Waals surface area contributed by atoms with Gasteiger partial charge in [0.2, 0.25) is 6.79 Å². The fourth-order valence-electron chi connectivity index (χ4n) is 5.86. The lowest BCUT2D eigenvalue weighted by Crippen LogP contribution is -2.51. The van der Waals surface area contributed by atoms with Crippen LogP contribution in [0.25, 0.3) is 0 Å². The number of urea groups is 1.